The Morgan fingerprint density at radius 3 is 1.38 bits per heavy atom. The molecule has 0 saturated heterocycles. The molecule has 0 aromatic heterocycles. The van der Waals surface area contributed by atoms with Crippen LogP contribution in [0.4, 0.5) is 11.4 Å². The highest BCUT2D eigenvalue weighted by Crippen LogP contribution is 2.24. The molecule has 0 radical (unpaired) electrons. The fourth-order valence-electron chi connectivity index (χ4n) is 3.28. The van der Waals surface area contributed by atoms with Crippen LogP contribution in [-0.4, -0.2) is 60.6 Å². The highest BCUT2D eigenvalue weighted by atomic mass is 16.3. The number of phenols is 2. The van der Waals surface area contributed by atoms with Crippen molar-refractivity contribution in [3.8, 4) is 11.5 Å². The van der Waals surface area contributed by atoms with Gasteiger partial charge >= 0.3 is 11.8 Å². The third-order valence-electron chi connectivity index (χ3n) is 5.23. The zero-order valence-electron chi connectivity index (χ0n) is 19.9. The lowest BCUT2D eigenvalue weighted by Gasteiger charge is -2.21. The largest absolute Gasteiger partial charge is 0.507 e. The molecular formula is C24H32N6O4. The van der Waals surface area contributed by atoms with Crippen molar-refractivity contribution in [2.75, 3.05) is 36.0 Å². The Morgan fingerprint density at radius 1 is 0.735 bits per heavy atom. The zero-order chi connectivity index (χ0) is 25.1. The molecule has 0 aliphatic rings. The van der Waals surface area contributed by atoms with E-state index in [0.29, 0.717) is 11.1 Å². The van der Waals surface area contributed by atoms with Gasteiger partial charge in [-0.2, -0.15) is 10.2 Å². The summed E-state index contributed by atoms with van der Waals surface area (Å²) in [6.07, 6.45) is 2.48. The molecule has 0 unspecified atom stereocenters. The van der Waals surface area contributed by atoms with Crippen molar-refractivity contribution in [2.45, 2.75) is 27.7 Å². The first-order valence-electron chi connectivity index (χ1n) is 11.2. The van der Waals surface area contributed by atoms with Gasteiger partial charge in [-0.25, -0.2) is 10.9 Å². The normalized spacial score (nSPS) is 11.1. The van der Waals surface area contributed by atoms with Crippen LogP contribution in [-0.2, 0) is 9.59 Å². The van der Waals surface area contributed by atoms with E-state index in [1.165, 1.54) is 12.4 Å². The number of anilines is 2. The molecule has 0 fully saturated rings. The summed E-state index contributed by atoms with van der Waals surface area (Å²) in [6, 6.07) is 10.2. The van der Waals surface area contributed by atoms with Gasteiger partial charge in [-0.3, -0.25) is 9.59 Å². The number of amides is 2. The SMILES string of the molecule is CCN(CC)c1ccc(/C=N\NC(=O)C(=O)N/N=C\c2ccc(N(CC)CC)cc2O)c(O)c1. The highest BCUT2D eigenvalue weighted by Gasteiger charge is 2.12. The molecule has 2 aromatic carbocycles. The van der Waals surface area contributed by atoms with Crippen molar-refractivity contribution >= 4 is 35.6 Å². The molecule has 10 heteroatoms. The van der Waals surface area contributed by atoms with Crippen LogP contribution in [0.15, 0.2) is 46.6 Å². The Bertz CT molecular complexity index is 962. The van der Waals surface area contributed by atoms with Crippen LogP contribution >= 0.6 is 0 Å². The Balaban J connectivity index is 1.91. The van der Waals surface area contributed by atoms with Gasteiger partial charge in [-0.1, -0.05) is 0 Å². The summed E-state index contributed by atoms with van der Waals surface area (Å²) in [7, 11) is 0. The molecule has 0 aliphatic heterocycles. The summed E-state index contributed by atoms with van der Waals surface area (Å²) in [4.78, 5) is 28.0. The molecule has 4 N–H and O–H groups in total. The van der Waals surface area contributed by atoms with Gasteiger partial charge in [-0.15, -0.1) is 0 Å². The molecule has 2 amide bonds. The molecule has 0 atom stereocenters. The number of nitrogens with zero attached hydrogens (tertiary/aromatic N) is 4. The van der Waals surface area contributed by atoms with E-state index in [1.807, 2.05) is 39.8 Å². The highest BCUT2D eigenvalue weighted by molar-refractivity contribution is 6.35. The third kappa shape index (κ3) is 6.96. The van der Waals surface area contributed by atoms with Crippen molar-refractivity contribution in [1.82, 2.24) is 10.9 Å². The molecule has 182 valence electrons. The standard InChI is InChI=1S/C24H32N6O4/c1-5-29(6-2)19-11-9-17(21(31)13-19)15-25-27-23(33)24(34)28-26-16-18-10-12-20(14-22(18)32)30(7-3)8-4/h9-16,31-32H,5-8H2,1-4H3,(H,27,33)(H,28,34)/b25-15-,26-16-. The minimum absolute atomic E-state index is 0.00303. The topological polar surface area (TPSA) is 130 Å². The van der Waals surface area contributed by atoms with Crippen LogP contribution in [0.2, 0.25) is 0 Å². The second-order valence-corrected chi connectivity index (χ2v) is 7.23. The molecule has 2 aromatic rings. The van der Waals surface area contributed by atoms with Crippen molar-refractivity contribution in [3.05, 3.63) is 47.5 Å². The molecule has 0 aliphatic carbocycles. The average Bonchev–Trinajstić information content (AvgIpc) is 2.83. The summed E-state index contributed by atoms with van der Waals surface area (Å²) in [5.74, 6) is -2.06. The number of phenolic OH excluding ortho intramolecular Hbond substituents is 2. The number of hydrogen-bond donors (Lipinski definition) is 4. The lowest BCUT2D eigenvalue weighted by atomic mass is 10.2. The number of rotatable bonds is 10. The van der Waals surface area contributed by atoms with Crippen LogP contribution in [0, 0.1) is 0 Å². The van der Waals surface area contributed by atoms with Crippen molar-refractivity contribution in [3.63, 3.8) is 0 Å². The van der Waals surface area contributed by atoms with E-state index in [1.54, 1.807) is 24.3 Å². The monoisotopic (exact) mass is 468 g/mol. The number of carbonyl (C=O) groups is 2. The van der Waals surface area contributed by atoms with Gasteiger partial charge in [0.05, 0.1) is 12.4 Å². The number of carbonyl (C=O) groups excluding carboxylic acids is 2. The Hall–Kier alpha value is -4.08. The second-order valence-electron chi connectivity index (χ2n) is 7.23. The molecule has 0 spiro atoms. The van der Waals surface area contributed by atoms with Gasteiger partial charge in [0, 0.05) is 60.8 Å². The smallest absolute Gasteiger partial charge is 0.331 e. The predicted octanol–water partition coefficient (Wildman–Crippen LogP) is 2.39. The van der Waals surface area contributed by atoms with Gasteiger partial charge in [0.2, 0.25) is 0 Å². The number of nitrogens with one attached hydrogen (secondary N) is 2. The lowest BCUT2D eigenvalue weighted by molar-refractivity contribution is -0.139. The maximum Gasteiger partial charge on any atom is 0.331 e. The second kappa shape index (κ2) is 12.8. The Kier molecular flexibility index (Phi) is 9.88. The van der Waals surface area contributed by atoms with Crippen molar-refractivity contribution in [2.24, 2.45) is 10.2 Å². The molecule has 10 nitrogen and oxygen atoms in total. The first-order chi connectivity index (χ1) is 16.3. The summed E-state index contributed by atoms with van der Waals surface area (Å²) in [6.45, 7) is 11.3. The van der Waals surface area contributed by atoms with E-state index in [2.05, 4.69) is 30.9 Å². The number of hydrogen-bond acceptors (Lipinski definition) is 8. The van der Waals surface area contributed by atoms with Crippen molar-refractivity contribution in [1.29, 1.82) is 0 Å². The molecule has 0 heterocycles. The van der Waals surface area contributed by atoms with E-state index in [4.69, 9.17) is 0 Å². The van der Waals surface area contributed by atoms with Gasteiger partial charge < -0.3 is 20.0 Å². The van der Waals surface area contributed by atoms with Crippen LogP contribution in [0.25, 0.3) is 0 Å². The van der Waals surface area contributed by atoms with Gasteiger partial charge in [0.25, 0.3) is 0 Å². The van der Waals surface area contributed by atoms with Gasteiger partial charge in [-0.05, 0) is 52.0 Å². The van der Waals surface area contributed by atoms with Crippen LogP contribution in [0.1, 0.15) is 38.8 Å². The molecular weight excluding hydrogens is 436 g/mol. The van der Waals surface area contributed by atoms with Crippen LogP contribution in [0.5, 0.6) is 11.5 Å². The maximum absolute atomic E-state index is 11.9. The summed E-state index contributed by atoms with van der Waals surface area (Å²) in [5, 5.41) is 27.8. The third-order valence-corrected chi connectivity index (χ3v) is 5.23. The first-order valence-corrected chi connectivity index (χ1v) is 11.2. The van der Waals surface area contributed by atoms with E-state index in [0.717, 1.165) is 37.6 Å². The average molecular weight is 469 g/mol. The molecule has 34 heavy (non-hydrogen) atoms. The predicted molar refractivity (Wildman–Crippen MR) is 135 cm³/mol. The van der Waals surface area contributed by atoms with E-state index >= 15 is 0 Å². The Labute approximate surface area is 199 Å². The van der Waals surface area contributed by atoms with Gasteiger partial charge in [0.1, 0.15) is 11.5 Å². The minimum Gasteiger partial charge on any atom is -0.507 e. The fraction of sp³-hybridized carbons (Fsp3) is 0.333. The summed E-state index contributed by atoms with van der Waals surface area (Å²) in [5.41, 5.74) is 6.67. The quantitative estimate of drug-likeness (QED) is 0.241. The number of aromatic hydroxyl groups is 2. The van der Waals surface area contributed by atoms with Crippen molar-refractivity contribution < 1.29 is 19.8 Å². The van der Waals surface area contributed by atoms with E-state index in [-0.39, 0.29) is 11.5 Å². The summed E-state index contributed by atoms with van der Waals surface area (Å²) >= 11 is 0. The van der Waals surface area contributed by atoms with Gasteiger partial charge in [0.15, 0.2) is 0 Å². The molecule has 2 rings (SSSR count). The summed E-state index contributed by atoms with van der Waals surface area (Å²) < 4.78 is 0. The maximum atomic E-state index is 11.9. The lowest BCUT2D eigenvalue weighted by Crippen LogP contribution is -2.35. The minimum atomic E-state index is -1.03. The van der Waals surface area contributed by atoms with E-state index < -0.39 is 11.8 Å². The Morgan fingerprint density at radius 2 is 1.09 bits per heavy atom. The van der Waals surface area contributed by atoms with E-state index in [9.17, 15) is 19.8 Å². The number of hydrazone groups is 2. The molecule has 0 saturated carbocycles. The number of benzene rings is 2. The molecule has 0 bridgehead atoms. The van der Waals surface area contributed by atoms with Crippen LogP contribution in [0.3, 0.4) is 0 Å². The van der Waals surface area contributed by atoms with Crippen LogP contribution < -0.4 is 20.7 Å². The zero-order valence-corrected chi connectivity index (χ0v) is 19.9. The fourth-order valence-corrected chi connectivity index (χ4v) is 3.28. The first kappa shape index (κ1) is 26.2.